The highest BCUT2D eigenvalue weighted by Gasteiger charge is 2.10. The number of anilines is 1. The van der Waals surface area contributed by atoms with Crippen molar-refractivity contribution in [2.75, 3.05) is 12.8 Å². The Morgan fingerprint density at radius 2 is 1.79 bits per heavy atom. The Bertz CT molecular complexity index is 588. The zero-order valence-corrected chi connectivity index (χ0v) is 10.3. The Morgan fingerprint density at radius 1 is 1.05 bits per heavy atom. The van der Waals surface area contributed by atoms with Crippen LogP contribution in [0.5, 0.6) is 11.5 Å². The van der Waals surface area contributed by atoms with Crippen molar-refractivity contribution in [3.63, 3.8) is 0 Å². The van der Waals surface area contributed by atoms with Crippen molar-refractivity contribution in [2.45, 2.75) is 6.61 Å². The van der Waals surface area contributed by atoms with Crippen LogP contribution in [-0.2, 0) is 6.61 Å². The highest BCUT2D eigenvalue weighted by Crippen LogP contribution is 2.30. The predicted molar refractivity (Wildman–Crippen MR) is 68.1 cm³/mol. The lowest BCUT2D eigenvalue weighted by molar-refractivity contribution is 0.282. The Morgan fingerprint density at radius 3 is 2.47 bits per heavy atom. The highest BCUT2D eigenvalue weighted by molar-refractivity contribution is 5.56. The third-order valence-electron chi connectivity index (χ3n) is 2.63. The van der Waals surface area contributed by atoms with E-state index >= 15 is 0 Å². The minimum absolute atomic E-state index is 0.0331. The van der Waals surface area contributed by atoms with Crippen molar-refractivity contribution in [1.82, 2.24) is 0 Å². The first-order chi connectivity index (χ1) is 9.11. The van der Waals surface area contributed by atoms with Gasteiger partial charge in [-0.15, -0.1) is 0 Å². The van der Waals surface area contributed by atoms with E-state index in [0.717, 1.165) is 6.07 Å². The molecule has 0 atom stereocenters. The summed E-state index contributed by atoms with van der Waals surface area (Å²) in [5.74, 6) is -0.737. The van der Waals surface area contributed by atoms with Crippen LogP contribution in [0.1, 0.15) is 5.56 Å². The molecular formula is C14H13F2NO2. The molecule has 2 N–H and O–H groups in total. The molecule has 0 radical (unpaired) electrons. The Balaban J connectivity index is 2.18. The topological polar surface area (TPSA) is 44.5 Å². The second kappa shape index (κ2) is 5.56. The number of nitrogen functional groups attached to an aromatic ring is 1. The quantitative estimate of drug-likeness (QED) is 0.864. The van der Waals surface area contributed by atoms with Gasteiger partial charge in [0.05, 0.1) is 12.8 Å². The van der Waals surface area contributed by atoms with Crippen LogP contribution in [0, 0.1) is 11.6 Å². The fourth-order valence-corrected chi connectivity index (χ4v) is 1.61. The highest BCUT2D eigenvalue weighted by atomic mass is 19.1. The van der Waals surface area contributed by atoms with Crippen LogP contribution in [0.25, 0.3) is 0 Å². The van der Waals surface area contributed by atoms with E-state index in [0.29, 0.717) is 11.3 Å². The molecule has 2 aromatic carbocycles. The molecule has 0 fully saturated rings. The first-order valence-electron chi connectivity index (χ1n) is 5.61. The van der Waals surface area contributed by atoms with Gasteiger partial charge in [-0.3, -0.25) is 0 Å². The molecule has 0 bridgehead atoms. The number of benzene rings is 2. The van der Waals surface area contributed by atoms with Crippen molar-refractivity contribution < 1.29 is 18.3 Å². The summed E-state index contributed by atoms with van der Waals surface area (Å²) in [4.78, 5) is 0. The molecule has 5 heteroatoms. The Hall–Kier alpha value is -2.30. The largest absolute Gasteiger partial charge is 0.494 e. The maximum Gasteiger partial charge on any atom is 0.167 e. The minimum atomic E-state index is -0.616. The van der Waals surface area contributed by atoms with Gasteiger partial charge in [-0.05, 0) is 6.07 Å². The summed E-state index contributed by atoms with van der Waals surface area (Å²) in [5.41, 5.74) is 6.08. The summed E-state index contributed by atoms with van der Waals surface area (Å²) in [6.45, 7) is -0.0728. The van der Waals surface area contributed by atoms with Crippen molar-refractivity contribution in [3.8, 4) is 11.5 Å². The number of hydrogen-bond acceptors (Lipinski definition) is 3. The maximum atomic E-state index is 13.6. The fraction of sp³-hybridized carbons (Fsp3) is 0.143. The molecule has 0 heterocycles. The molecule has 0 aliphatic carbocycles. The molecule has 2 aromatic rings. The van der Waals surface area contributed by atoms with Crippen LogP contribution in [0.15, 0.2) is 36.4 Å². The van der Waals surface area contributed by atoms with Crippen LogP contribution >= 0.6 is 0 Å². The molecule has 0 amide bonds. The molecule has 0 unspecified atom stereocenters. The summed E-state index contributed by atoms with van der Waals surface area (Å²) in [7, 11) is 1.42. The first-order valence-corrected chi connectivity index (χ1v) is 5.61. The van der Waals surface area contributed by atoms with Crippen LogP contribution in [0.2, 0.25) is 0 Å². The number of ether oxygens (including phenoxy) is 2. The third-order valence-corrected chi connectivity index (χ3v) is 2.63. The summed E-state index contributed by atoms with van der Waals surface area (Å²) >= 11 is 0. The van der Waals surface area contributed by atoms with Crippen molar-refractivity contribution in [2.24, 2.45) is 0 Å². The first kappa shape index (κ1) is 13.1. The van der Waals surface area contributed by atoms with E-state index in [1.807, 2.05) is 0 Å². The lowest BCUT2D eigenvalue weighted by Gasteiger charge is -2.11. The molecular weight excluding hydrogens is 252 g/mol. The summed E-state index contributed by atoms with van der Waals surface area (Å²) in [5, 5.41) is 0. The van der Waals surface area contributed by atoms with Gasteiger partial charge in [-0.2, -0.15) is 0 Å². The second-order valence-electron chi connectivity index (χ2n) is 3.90. The van der Waals surface area contributed by atoms with Gasteiger partial charge in [0.25, 0.3) is 0 Å². The molecule has 0 saturated carbocycles. The summed E-state index contributed by atoms with van der Waals surface area (Å²) in [6, 6.07) is 8.59. The van der Waals surface area contributed by atoms with E-state index < -0.39 is 11.6 Å². The van der Waals surface area contributed by atoms with E-state index in [1.165, 1.54) is 19.2 Å². The molecule has 0 saturated heterocycles. The van der Waals surface area contributed by atoms with Crippen LogP contribution in [0.3, 0.4) is 0 Å². The normalized spacial score (nSPS) is 10.3. The third kappa shape index (κ3) is 2.93. The van der Waals surface area contributed by atoms with Gasteiger partial charge >= 0.3 is 0 Å². The SMILES string of the molecule is COc1cc(OCc2ccccc2F)c(F)cc1N. The summed E-state index contributed by atoms with van der Waals surface area (Å²) < 4.78 is 37.2. The Kier molecular flexibility index (Phi) is 3.85. The van der Waals surface area contributed by atoms with E-state index in [-0.39, 0.29) is 18.0 Å². The van der Waals surface area contributed by atoms with Gasteiger partial charge in [-0.1, -0.05) is 18.2 Å². The van der Waals surface area contributed by atoms with E-state index in [4.69, 9.17) is 15.2 Å². The van der Waals surface area contributed by atoms with E-state index in [1.54, 1.807) is 18.2 Å². The number of rotatable bonds is 4. The molecule has 19 heavy (non-hydrogen) atoms. The maximum absolute atomic E-state index is 13.6. The van der Waals surface area contributed by atoms with Crippen LogP contribution in [-0.4, -0.2) is 7.11 Å². The molecule has 0 spiro atoms. The van der Waals surface area contributed by atoms with Gasteiger partial charge in [0.15, 0.2) is 11.6 Å². The van der Waals surface area contributed by atoms with Crippen molar-refractivity contribution in [3.05, 3.63) is 53.6 Å². The van der Waals surface area contributed by atoms with Gasteiger partial charge in [0.1, 0.15) is 18.2 Å². The lowest BCUT2D eigenvalue weighted by atomic mass is 10.2. The molecule has 3 nitrogen and oxygen atoms in total. The average molecular weight is 265 g/mol. The smallest absolute Gasteiger partial charge is 0.167 e. The zero-order chi connectivity index (χ0) is 13.8. The average Bonchev–Trinajstić information content (AvgIpc) is 2.39. The van der Waals surface area contributed by atoms with Gasteiger partial charge in [-0.25, -0.2) is 8.78 Å². The number of methoxy groups -OCH3 is 1. The molecule has 0 aliphatic rings. The summed E-state index contributed by atoms with van der Waals surface area (Å²) in [6.07, 6.45) is 0. The standard InChI is InChI=1S/C14H13F2NO2/c1-18-14-7-13(11(16)6-12(14)17)19-8-9-4-2-3-5-10(9)15/h2-7H,8,17H2,1H3. The molecule has 0 aromatic heterocycles. The second-order valence-corrected chi connectivity index (χ2v) is 3.90. The predicted octanol–water partition coefficient (Wildman–Crippen LogP) is 3.13. The molecule has 2 rings (SSSR count). The fourth-order valence-electron chi connectivity index (χ4n) is 1.61. The lowest BCUT2D eigenvalue weighted by Crippen LogP contribution is -2.01. The van der Waals surface area contributed by atoms with Crippen molar-refractivity contribution >= 4 is 5.69 Å². The molecule has 100 valence electrons. The van der Waals surface area contributed by atoms with Gasteiger partial charge in [0, 0.05) is 17.7 Å². The van der Waals surface area contributed by atoms with Gasteiger partial charge < -0.3 is 15.2 Å². The van der Waals surface area contributed by atoms with E-state index in [2.05, 4.69) is 0 Å². The number of nitrogens with two attached hydrogens (primary N) is 1. The van der Waals surface area contributed by atoms with Crippen LogP contribution in [0.4, 0.5) is 14.5 Å². The van der Waals surface area contributed by atoms with Gasteiger partial charge in [0.2, 0.25) is 0 Å². The number of halogens is 2. The van der Waals surface area contributed by atoms with E-state index in [9.17, 15) is 8.78 Å². The Labute approximate surface area is 109 Å². The zero-order valence-electron chi connectivity index (χ0n) is 10.3. The van der Waals surface area contributed by atoms with Crippen molar-refractivity contribution in [1.29, 1.82) is 0 Å². The molecule has 0 aliphatic heterocycles. The monoisotopic (exact) mass is 265 g/mol. The minimum Gasteiger partial charge on any atom is -0.494 e. The number of hydrogen-bond donors (Lipinski definition) is 1. The van der Waals surface area contributed by atoms with Crippen LogP contribution < -0.4 is 15.2 Å².